The number of hydrogen-bond acceptors (Lipinski definition) is 2. The van der Waals surface area contributed by atoms with Crippen molar-refractivity contribution in [2.45, 2.75) is 60.0 Å². The van der Waals surface area contributed by atoms with Gasteiger partial charge in [0.25, 0.3) is 0 Å². The summed E-state index contributed by atoms with van der Waals surface area (Å²) in [6.45, 7) is 14.2. The summed E-state index contributed by atoms with van der Waals surface area (Å²) >= 11 is 0. The number of carbonyl (C=O) groups is 1. The first kappa shape index (κ1) is 14.3. The Bertz CT molecular complexity index is 273. The van der Waals surface area contributed by atoms with E-state index in [0.29, 0.717) is 11.3 Å². The Balaban J connectivity index is 2.43. The summed E-state index contributed by atoms with van der Waals surface area (Å²) in [5, 5.41) is 0. The van der Waals surface area contributed by atoms with Gasteiger partial charge in [-0.1, -0.05) is 20.8 Å². The molecule has 100 valence electrons. The van der Waals surface area contributed by atoms with Crippen LogP contribution >= 0.6 is 0 Å². The molecule has 0 aliphatic carbocycles. The number of nitrogens with zero attached hydrogens (tertiary/aromatic N) is 1. The fourth-order valence-electron chi connectivity index (χ4n) is 2.36. The van der Waals surface area contributed by atoms with E-state index < -0.39 is 0 Å². The van der Waals surface area contributed by atoms with E-state index in [1.807, 2.05) is 25.7 Å². The quantitative estimate of drug-likeness (QED) is 0.701. The third-order valence-electron chi connectivity index (χ3n) is 2.84. The highest BCUT2D eigenvalue weighted by Gasteiger charge is 2.31. The van der Waals surface area contributed by atoms with Gasteiger partial charge in [-0.3, -0.25) is 0 Å². The standard InChI is InChI=1S/C14H27NO2/c1-13(2,3)9-11-7-8-15(10-11)12(16)17-14(4,5)6/h11H,7-10H2,1-6H3/t11-/m1/s1. The maximum Gasteiger partial charge on any atom is 0.410 e. The lowest BCUT2D eigenvalue weighted by Gasteiger charge is -2.25. The summed E-state index contributed by atoms with van der Waals surface area (Å²) in [5.74, 6) is 0.627. The van der Waals surface area contributed by atoms with Crippen LogP contribution in [0.2, 0.25) is 0 Å². The molecule has 1 atom stereocenters. The molecule has 0 aromatic heterocycles. The summed E-state index contributed by atoms with van der Waals surface area (Å²) in [6, 6.07) is 0. The number of ether oxygens (including phenoxy) is 1. The van der Waals surface area contributed by atoms with Gasteiger partial charge >= 0.3 is 6.09 Å². The van der Waals surface area contributed by atoms with Crippen molar-refractivity contribution < 1.29 is 9.53 Å². The predicted octanol–water partition coefficient (Wildman–Crippen LogP) is 3.68. The number of hydrogen-bond donors (Lipinski definition) is 0. The maximum absolute atomic E-state index is 11.9. The van der Waals surface area contributed by atoms with Gasteiger partial charge in [-0.15, -0.1) is 0 Å². The van der Waals surface area contributed by atoms with Gasteiger partial charge < -0.3 is 9.64 Å². The van der Waals surface area contributed by atoms with Gasteiger partial charge in [0.15, 0.2) is 0 Å². The van der Waals surface area contributed by atoms with Gasteiger partial charge in [-0.05, 0) is 44.9 Å². The molecule has 1 aliphatic rings. The summed E-state index contributed by atoms with van der Waals surface area (Å²) in [5.41, 5.74) is -0.0478. The Morgan fingerprint density at radius 1 is 1.24 bits per heavy atom. The molecule has 0 radical (unpaired) electrons. The molecule has 0 aromatic rings. The zero-order chi connectivity index (χ0) is 13.3. The average molecular weight is 241 g/mol. The van der Waals surface area contributed by atoms with Gasteiger partial charge in [0, 0.05) is 13.1 Å². The minimum absolute atomic E-state index is 0.158. The van der Waals surface area contributed by atoms with E-state index in [-0.39, 0.29) is 11.7 Å². The fraction of sp³-hybridized carbons (Fsp3) is 0.929. The van der Waals surface area contributed by atoms with E-state index in [4.69, 9.17) is 4.74 Å². The fourth-order valence-corrected chi connectivity index (χ4v) is 2.36. The van der Waals surface area contributed by atoms with Crippen LogP contribution in [0, 0.1) is 11.3 Å². The minimum Gasteiger partial charge on any atom is -0.444 e. The van der Waals surface area contributed by atoms with Crippen LogP contribution in [-0.4, -0.2) is 29.7 Å². The van der Waals surface area contributed by atoms with Gasteiger partial charge in [0.1, 0.15) is 5.60 Å². The molecular formula is C14H27NO2. The van der Waals surface area contributed by atoms with Crippen molar-refractivity contribution in [3.8, 4) is 0 Å². The van der Waals surface area contributed by atoms with Crippen molar-refractivity contribution in [2.75, 3.05) is 13.1 Å². The van der Waals surface area contributed by atoms with Crippen LogP contribution < -0.4 is 0 Å². The van der Waals surface area contributed by atoms with Crippen LogP contribution in [-0.2, 0) is 4.74 Å². The van der Waals surface area contributed by atoms with E-state index in [0.717, 1.165) is 19.5 Å². The Kier molecular flexibility index (Phi) is 4.11. The number of carbonyl (C=O) groups excluding carboxylic acids is 1. The zero-order valence-corrected chi connectivity index (χ0v) is 12.2. The first-order chi connectivity index (χ1) is 7.57. The largest absolute Gasteiger partial charge is 0.444 e. The Morgan fingerprint density at radius 3 is 2.29 bits per heavy atom. The monoisotopic (exact) mass is 241 g/mol. The molecule has 17 heavy (non-hydrogen) atoms. The van der Waals surface area contributed by atoms with E-state index in [1.165, 1.54) is 6.42 Å². The molecule has 1 saturated heterocycles. The molecule has 1 amide bonds. The molecule has 3 nitrogen and oxygen atoms in total. The summed E-state index contributed by atoms with van der Waals surface area (Å²) in [6.07, 6.45) is 2.12. The van der Waals surface area contributed by atoms with E-state index >= 15 is 0 Å². The second kappa shape index (κ2) is 4.87. The summed E-state index contributed by atoms with van der Waals surface area (Å²) < 4.78 is 5.39. The molecule has 1 rings (SSSR count). The maximum atomic E-state index is 11.9. The van der Waals surface area contributed by atoms with Crippen LogP contribution in [0.3, 0.4) is 0 Å². The Labute approximate surface area is 106 Å². The van der Waals surface area contributed by atoms with Crippen molar-refractivity contribution in [2.24, 2.45) is 11.3 Å². The van der Waals surface area contributed by atoms with Crippen molar-refractivity contribution in [1.82, 2.24) is 4.90 Å². The normalized spacial score (nSPS) is 21.8. The average Bonchev–Trinajstić information content (AvgIpc) is 2.45. The predicted molar refractivity (Wildman–Crippen MR) is 70.0 cm³/mol. The molecule has 1 fully saturated rings. The molecule has 0 saturated carbocycles. The second-order valence-corrected chi connectivity index (χ2v) is 7.35. The topological polar surface area (TPSA) is 29.5 Å². The van der Waals surface area contributed by atoms with Crippen LogP contribution in [0.1, 0.15) is 54.4 Å². The lowest BCUT2D eigenvalue weighted by molar-refractivity contribution is 0.0285. The Hall–Kier alpha value is -0.730. The SMILES string of the molecule is CC(C)(C)C[C@H]1CCN(C(=O)OC(C)(C)C)C1. The highest BCUT2D eigenvalue weighted by atomic mass is 16.6. The van der Waals surface area contributed by atoms with Crippen LogP contribution in [0.5, 0.6) is 0 Å². The van der Waals surface area contributed by atoms with E-state index in [9.17, 15) is 4.79 Å². The molecule has 0 N–H and O–H groups in total. The van der Waals surface area contributed by atoms with Crippen LogP contribution in [0.25, 0.3) is 0 Å². The summed E-state index contributed by atoms with van der Waals surface area (Å²) in [7, 11) is 0. The Morgan fingerprint density at radius 2 is 1.82 bits per heavy atom. The molecule has 0 aromatic carbocycles. The summed E-state index contributed by atoms with van der Waals surface area (Å²) in [4.78, 5) is 13.7. The first-order valence-corrected chi connectivity index (χ1v) is 6.55. The number of amides is 1. The smallest absolute Gasteiger partial charge is 0.410 e. The van der Waals surface area contributed by atoms with Gasteiger partial charge in [0.05, 0.1) is 0 Å². The van der Waals surface area contributed by atoms with E-state index in [2.05, 4.69) is 20.8 Å². The van der Waals surface area contributed by atoms with Gasteiger partial charge in [0.2, 0.25) is 0 Å². The molecule has 1 heterocycles. The molecular weight excluding hydrogens is 214 g/mol. The van der Waals surface area contributed by atoms with Crippen molar-refractivity contribution in [3.63, 3.8) is 0 Å². The van der Waals surface area contributed by atoms with Crippen LogP contribution in [0.4, 0.5) is 4.79 Å². The first-order valence-electron chi connectivity index (χ1n) is 6.55. The molecule has 1 aliphatic heterocycles. The van der Waals surface area contributed by atoms with Gasteiger partial charge in [-0.25, -0.2) is 4.79 Å². The molecule has 0 unspecified atom stereocenters. The lowest BCUT2D eigenvalue weighted by Crippen LogP contribution is -2.35. The minimum atomic E-state index is -0.390. The van der Waals surface area contributed by atoms with E-state index in [1.54, 1.807) is 0 Å². The number of rotatable bonds is 1. The van der Waals surface area contributed by atoms with Crippen molar-refractivity contribution in [3.05, 3.63) is 0 Å². The zero-order valence-electron chi connectivity index (χ0n) is 12.2. The molecule has 3 heteroatoms. The molecule has 0 bridgehead atoms. The highest BCUT2D eigenvalue weighted by Crippen LogP contribution is 2.30. The van der Waals surface area contributed by atoms with Crippen LogP contribution in [0.15, 0.2) is 0 Å². The van der Waals surface area contributed by atoms with Crippen molar-refractivity contribution >= 4 is 6.09 Å². The lowest BCUT2D eigenvalue weighted by atomic mass is 9.84. The van der Waals surface area contributed by atoms with Gasteiger partial charge in [-0.2, -0.15) is 0 Å². The highest BCUT2D eigenvalue weighted by molar-refractivity contribution is 5.68. The third kappa shape index (κ3) is 5.42. The number of likely N-dealkylation sites (tertiary alicyclic amines) is 1. The molecule has 0 spiro atoms. The van der Waals surface area contributed by atoms with Crippen molar-refractivity contribution in [1.29, 1.82) is 0 Å². The second-order valence-electron chi connectivity index (χ2n) is 7.35. The third-order valence-corrected chi connectivity index (χ3v) is 2.84.